The Kier molecular flexibility index (Phi) is 32.2. The van der Waals surface area contributed by atoms with Crippen molar-refractivity contribution in [2.24, 2.45) is 5.41 Å². The van der Waals surface area contributed by atoms with E-state index >= 15 is 0 Å². The summed E-state index contributed by atoms with van der Waals surface area (Å²) in [6.07, 6.45) is -6.77. The highest BCUT2D eigenvalue weighted by atomic mass is 32.2. The van der Waals surface area contributed by atoms with Crippen LogP contribution in [0.3, 0.4) is 0 Å². The maximum absolute atomic E-state index is 12.6. The second-order valence-corrected chi connectivity index (χ2v) is 28.1. The van der Waals surface area contributed by atoms with Crippen LogP contribution < -0.4 is 47.2 Å². The van der Waals surface area contributed by atoms with Gasteiger partial charge in [0.25, 0.3) is 15.6 Å². The van der Waals surface area contributed by atoms with Crippen molar-refractivity contribution >= 4 is 124 Å². The number of carbonyl (C=O) groups is 5. The van der Waals surface area contributed by atoms with Gasteiger partial charge in [0, 0.05) is 70.8 Å². The number of amides is 2. The van der Waals surface area contributed by atoms with Crippen molar-refractivity contribution in [3.63, 3.8) is 0 Å². The number of phosphoric acid groups is 3. The minimum atomic E-state index is -5.98. The number of carbonyl (C=O) groups excluding carboxylic acids is 5. The van der Waals surface area contributed by atoms with Crippen LogP contribution in [0, 0.1) is 5.41 Å². The van der Waals surface area contributed by atoms with E-state index in [0.29, 0.717) is 44.5 Å². The Morgan fingerprint density at radius 1 is 0.698 bits per heavy atom. The minimum absolute atomic E-state index is 0.00281. The molecule has 7 atom stereocenters. The van der Waals surface area contributed by atoms with Crippen LogP contribution in [-0.4, -0.2) is 140 Å². The van der Waals surface area contributed by atoms with E-state index in [9.17, 15) is 103 Å². The summed E-state index contributed by atoms with van der Waals surface area (Å²) in [6.45, 7) is 12.8. The number of imidazole rings is 1. The van der Waals surface area contributed by atoms with E-state index in [0.717, 1.165) is 55.3 Å². The zero-order valence-corrected chi connectivity index (χ0v) is 62.1. The zero-order chi connectivity index (χ0) is 79.2. The molecule has 576 valence electrons. The number of aliphatic hydroxyl groups excluding tert-OH is 2. The number of nitrogen functional groups attached to an aromatic ring is 1. The molecule has 35 nitrogen and oxygen atoms in total. The molecule has 2 amide bonds. The van der Waals surface area contributed by atoms with Crippen LogP contribution in [0.25, 0.3) is 54.6 Å². The Morgan fingerprint density at radius 3 is 1.90 bits per heavy atom. The largest absolute Gasteiger partial charge is 0.790 e. The number of phenolic OH excluding ortho intramolecular Hbond substituents is 5. The van der Waals surface area contributed by atoms with Crippen LogP contribution in [-0.2, 0) is 72.4 Å². The molecule has 0 radical (unpaired) electrons. The van der Waals surface area contributed by atoms with Crippen LogP contribution in [0.15, 0.2) is 128 Å². The number of aromatic hydroxyl groups is 5. The second-order valence-electron chi connectivity index (χ2n) is 22.9. The number of anilines is 1. The summed E-state index contributed by atoms with van der Waals surface area (Å²) in [5.41, 5.74) is 2.21. The molecule has 0 aliphatic carbocycles. The number of nitrogens with two attached hydrogens (primary N) is 1. The summed E-state index contributed by atoms with van der Waals surface area (Å²) in [5.74, 6) is -2.43. The van der Waals surface area contributed by atoms with Crippen molar-refractivity contribution in [3.8, 4) is 28.7 Å². The molecule has 1 aliphatic heterocycles. The molecule has 1 saturated heterocycles. The minimum Gasteiger partial charge on any atom is -0.790 e. The van der Waals surface area contributed by atoms with Crippen molar-refractivity contribution < 1.29 is 124 Å². The Labute approximate surface area is 608 Å². The first kappa shape index (κ1) is 87.6. The van der Waals surface area contributed by atoms with Crippen LogP contribution >= 0.6 is 35.2 Å². The average Bonchev–Trinajstić information content (AvgIpc) is 1.55. The molecule has 0 bridgehead atoms. The molecule has 10 rings (SSSR count). The first-order valence-electron chi connectivity index (χ1n) is 32.5. The van der Waals surface area contributed by atoms with E-state index in [2.05, 4.69) is 43.5 Å². The van der Waals surface area contributed by atoms with Gasteiger partial charge in [-0.05, 0) is 79.6 Å². The van der Waals surface area contributed by atoms with Crippen molar-refractivity contribution in [1.29, 1.82) is 0 Å². The molecule has 11 N–H and O–H groups in total. The lowest BCUT2D eigenvalue weighted by atomic mass is 9.87. The van der Waals surface area contributed by atoms with Gasteiger partial charge >= 0.3 is 11.3 Å². The van der Waals surface area contributed by atoms with Crippen molar-refractivity contribution in [2.75, 3.05) is 37.8 Å². The fourth-order valence-corrected chi connectivity index (χ4v) is 13.4. The lowest BCUT2D eigenvalue weighted by molar-refractivity contribution is -0.347. The highest BCUT2D eigenvalue weighted by Crippen LogP contribution is 2.57. The maximum Gasteiger partial charge on any atom is 0.347 e. The topological polar surface area (TPSA) is 571 Å². The first-order valence-corrected chi connectivity index (χ1v) is 37.9. The van der Waals surface area contributed by atoms with Gasteiger partial charge in [-0.1, -0.05) is 91.4 Å². The Bertz CT molecular complexity index is 4790. The number of ketones is 2. The lowest BCUT2D eigenvalue weighted by Crippen LogP contribution is -2.46. The van der Waals surface area contributed by atoms with E-state index < -0.39 is 119 Å². The SMILES string of the molecule is CC.CC.CC.CC(C)(COP(=O)([O-])OP(=O)([O-])OCC1OC(C)(n2cnc3c(N)ncnc32)C(O)C1OP(=O)([O-])[O-])C(O)C(=O)NCCC(=O)NCCSC(=O)CC(=O)CC(=O)CCc1ccc(O)cc1.O=c1oc2cc(O)ccc2c2cc(O)ccc12.O=c1oc2cc(O)ccc2c2cccc(O)c12. The highest BCUT2D eigenvalue weighted by Gasteiger charge is 2.55. The Hall–Kier alpha value is -9.06. The maximum atomic E-state index is 12.6. The number of ether oxygens (including phenoxy) is 1. The predicted molar refractivity (Wildman–Crippen MR) is 379 cm³/mol. The number of nitrogens with zero attached hydrogens (tertiary/aromatic N) is 4. The number of rotatable bonds is 26. The standard InChI is InChI=1S/C35H50N7O20P3S.2C13H8O4.3C2H6/c1-34(2,30(49)33(50)38-11-10-25(46)37-12-13-66-26(47)15-23(45)14-22(44)9-6-20-4-7-21(43)8-5-20)17-59-65(56,57)62-64(54,55)58-16-24-28(61-63(51,52)53)29(48)35(3,60-24)42-19-41-27-31(36)39-18-40-32(27)42;14-7-2-4-10-11(5-7)9-3-1-8(15)6-12(9)17-13(10)16;14-7-4-5-8-9-2-1-3-10(15)12(9)13(16)17-11(8)6-7;3*1-2/h4-5,7-8,18-19,24,28-30,43,48-49H,6,9-17H2,1-3H3,(H,37,46)(H,38,50)(H,54,55)(H,56,57)(H2,36,39,40)(H2,51,52,53);2*1-6,14-15H;3*1-2H3/p-4. The van der Waals surface area contributed by atoms with Crippen molar-refractivity contribution in [3.05, 3.63) is 136 Å². The van der Waals surface area contributed by atoms with Gasteiger partial charge in [0.15, 0.2) is 22.3 Å². The van der Waals surface area contributed by atoms with Crippen LogP contribution in [0.5, 0.6) is 28.7 Å². The molecule has 106 heavy (non-hydrogen) atoms. The summed E-state index contributed by atoms with van der Waals surface area (Å²) < 4.78 is 71.3. The number of phenols is 5. The molecule has 0 spiro atoms. The number of benzene rings is 5. The first-order chi connectivity index (χ1) is 49.9. The Morgan fingerprint density at radius 2 is 1.27 bits per heavy atom. The fraction of sp³-hybridized carbons (Fsp3) is 0.373. The van der Waals surface area contributed by atoms with Crippen LogP contribution in [0.4, 0.5) is 5.82 Å². The third kappa shape index (κ3) is 24.2. The average molecular weight is 1560 g/mol. The third-order valence-corrected chi connectivity index (χ3v) is 18.9. The van der Waals surface area contributed by atoms with E-state index in [-0.39, 0.29) is 88.6 Å². The molecular formula is C67H80N7O28P3S-4. The number of aliphatic hydroxyl groups is 2. The van der Waals surface area contributed by atoms with E-state index in [4.69, 9.17) is 19.3 Å². The number of hydrogen-bond donors (Lipinski definition) is 10. The molecule has 1 fully saturated rings. The zero-order valence-electron chi connectivity index (χ0n) is 58.6. The summed E-state index contributed by atoms with van der Waals surface area (Å²) in [5, 5.41) is 76.2. The molecular weight excluding hydrogens is 1480 g/mol. The number of Topliss-reactive ketones (excluding diaryl/α,β-unsaturated/α-hetero) is 2. The van der Waals surface area contributed by atoms with Crippen LogP contribution in [0.2, 0.25) is 0 Å². The smallest absolute Gasteiger partial charge is 0.347 e. The molecule has 4 aromatic heterocycles. The van der Waals surface area contributed by atoms with Gasteiger partial charge in [0.05, 0.1) is 45.6 Å². The van der Waals surface area contributed by atoms with E-state index in [1.54, 1.807) is 36.4 Å². The number of phosphoric ester groups is 3. The second kappa shape index (κ2) is 39.0. The molecule has 5 heterocycles. The third-order valence-electron chi connectivity index (χ3n) is 15.0. The van der Waals surface area contributed by atoms with Gasteiger partial charge < -0.3 is 103 Å². The number of aromatic nitrogens is 4. The quantitative estimate of drug-likeness (QED) is 0.0107. The van der Waals surface area contributed by atoms with Crippen molar-refractivity contribution in [1.82, 2.24) is 30.2 Å². The summed E-state index contributed by atoms with van der Waals surface area (Å²) >= 11 is 0.770. The van der Waals surface area contributed by atoms with Gasteiger partial charge in [-0.25, -0.2) is 28.9 Å². The highest BCUT2D eigenvalue weighted by molar-refractivity contribution is 8.13. The van der Waals surface area contributed by atoms with E-state index in [1.165, 1.54) is 60.7 Å². The number of thioether (sulfide) groups is 1. The molecule has 9 aromatic rings. The van der Waals surface area contributed by atoms with Crippen molar-refractivity contribution in [2.45, 2.75) is 125 Å². The monoisotopic (exact) mass is 1560 g/mol. The molecule has 39 heteroatoms. The number of aryl methyl sites for hydroxylation is 1. The molecule has 1 aliphatic rings. The lowest BCUT2D eigenvalue weighted by Gasteiger charge is -2.36. The number of hydrogen-bond acceptors (Lipinski definition) is 33. The van der Waals surface area contributed by atoms with Gasteiger partial charge in [-0.3, -0.25) is 37.7 Å². The van der Waals surface area contributed by atoms with Crippen LogP contribution in [0.1, 0.15) is 93.6 Å². The predicted octanol–water partition coefficient (Wildman–Crippen LogP) is 5.36. The molecule has 5 aromatic carbocycles. The summed E-state index contributed by atoms with van der Waals surface area (Å²) in [7, 11) is -17.8. The number of nitrogens with one attached hydrogen (secondary N) is 2. The van der Waals surface area contributed by atoms with Gasteiger partial charge in [0.2, 0.25) is 11.8 Å². The van der Waals surface area contributed by atoms with E-state index in [1.807, 2.05) is 41.5 Å². The van der Waals surface area contributed by atoms with Gasteiger partial charge in [0.1, 0.15) is 93.1 Å². The normalized spacial score (nSPS) is 16.9. The number of fused-ring (bicyclic) bond motifs is 7. The van der Waals surface area contributed by atoms with Gasteiger partial charge in [-0.2, -0.15) is 0 Å². The Balaban J connectivity index is 0.000000400. The molecule has 0 saturated carbocycles. The summed E-state index contributed by atoms with van der Waals surface area (Å²) in [4.78, 5) is 145. The van der Waals surface area contributed by atoms with Gasteiger partial charge in [-0.15, -0.1) is 0 Å². The molecule has 7 unspecified atom stereocenters. The summed E-state index contributed by atoms with van der Waals surface area (Å²) in [6, 6.07) is 24.6. The fourth-order valence-electron chi connectivity index (χ4n) is 9.97.